The van der Waals surface area contributed by atoms with E-state index in [0.29, 0.717) is 18.9 Å². The van der Waals surface area contributed by atoms with Gasteiger partial charge in [0.2, 0.25) is 5.95 Å². The van der Waals surface area contributed by atoms with Crippen molar-refractivity contribution < 1.29 is 5.11 Å². The van der Waals surface area contributed by atoms with Crippen molar-refractivity contribution >= 4 is 5.95 Å². The molecule has 0 amide bonds. The Kier molecular flexibility index (Phi) is 3.93. The molecule has 0 radical (unpaired) electrons. The molecule has 1 aliphatic heterocycles. The molecule has 3 aromatic rings. The van der Waals surface area contributed by atoms with Crippen molar-refractivity contribution in [2.45, 2.75) is 18.9 Å². The zero-order valence-corrected chi connectivity index (χ0v) is 14.1. The first-order valence-electron chi connectivity index (χ1n) is 8.44. The second kappa shape index (κ2) is 6.26. The maximum absolute atomic E-state index is 11.2. The second-order valence-electron chi connectivity index (χ2n) is 6.47. The van der Waals surface area contributed by atoms with Crippen molar-refractivity contribution in [3.8, 4) is 11.4 Å². The molecule has 1 saturated heterocycles. The summed E-state index contributed by atoms with van der Waals surface area (Å²) in [4.78, 5) is 15.4. The number of pyridine rings is 1. The zero-order valence-electron chi connectivity index (χ0n) is 14.1. The zero-order chi connectivity index (χ0) is 17.3. The van der Waals surface area contributed by atoms with Gasteiger partial charge in [-0.25, -0.2) is 9.97 Å². The Labute approximate surface area is 147 Å². The minimum absolute atomic E-state index is 0.490. The standard InChI is InChI=1S/C20H20N4O/c1-15-6-2-3-7-16(15)20(25)10-13-24(14-20)19-22-12-9-18(23-19)17-8-4-5-11-21-17/h2-9,11-12,25H,10,13-14H2,1H3/t20-/m1/s1. The molecule has 5 heteroatoms. The molecule has 1 N–H and O–H groups in total. The summed E-state index contributed by atoms with van der Waals surface area (Å²) >= 11 is 0. The summed E-state index contributed by atoms with van der Waals surface area (Å²) in [7, 11) is 0. The Hall–Kier alpha value is -2.79. The molecule has 5 nitrogen and oxygen atoms in total. The molecule has 0 spiro atoms. The lowest BCUT2D eigenvalue weighted by atomic mass is 9.89. The Morgan fingerprint density at radius 2 is 1.80 bits per heavy atom. The highest BCUT2D eigenvalue weighted by molar-refractivity contribution is 5.55. The predicted octanol–water partition coefficient (Wildman–Crippen LogP) is 2.94. The number of rotatable bonds is 3. The molecule has 1 fully saturated rings. The van der Waals surface area contributed by atoms with E-state index in [1.165, 1.54) is 0 Å². The average molecular weight is 332 g/mol. The minimum Gasteiger partial charge on any atom is -0.383 e. The Bertz CT molecular complexity index is 884. The van der Waals surface area contributed by atoms with E-state index >= 15 is 0 Å². The minimum atomic E-state index is -0.865. The summed E-state index contributed by atoms with van der Waals surface area (Å²) in [5.74, 6) is 0.632. The van der Waals surface area contributed by atoms with E-state index in [0.717, 1.165) is 29.1 Å². The van der Waals surface area contributed by atoms with Crippen molar-refractivity contribution in [1.82, 2.24) is 15.0 Å². The molecule has 3 heterocycles. The second-order valence-corrected chi connectivity index (χ2v) is 6.47. The first-order chi connectivity index (χ1) is 12.2. The Balaban J connectivity index is 1.61. The molecule has 0 aliphatic carbocycles. The van der Waals surface area contributed by atoms with Crippen LogP contribution in [-0.4, -0.2) is 33.1 Å². The average Bonchev–Trinajstić information content (AvgIpc) is 3.06. The number of nitrogens with zero attached hydrogens (tertiary/aromatic N) is 4. The van der Waals surface area contributed by atoms with Crippen LogP contribution in [0.3, 0.4) is 0 Å². The Morgan fingerprint density at radius 3 is 2.60 bits per heavy atom. The number of hydrogen-bond acceptors (Lipinski definition) is 5. The molecule has 1 aliphatic rings. The highest BCUT2D eigenvalue weighted by atomic mass is 16.3. The summed E-state index contributed by atoms with van der Waals surface area (Å²) in [6.07, 6.45) is 4.16. The molecule has 1 atom stereocenters. The van der Waals surface area contributed by atoms with Gasteiger partial charge in [0.25, 0.3) is 0 Å². The number of aliphatic hydroxyl groups is 1. The number of anilines is 1. The van der Waals surface area contributed by atoms with Gasteiger partial charge in [0.15, 0.2) is 0 Å². The van der Waals surface area contributed by atoms with Gasteiger partial charge in [0.1, 0.15) is 5.60 Å². The Morgan fingerprint density at radius 1 is 0.960 bits per heavy atom. The number of benzene rings is 1. The van der Waals surface area contributed by atoms with Crippen molar-refractivity contribution in [3.05, 3.63) is 72.1 Å². The summed E-state index contributed by atoms with van der Waals surface area (Å²) in [6, 6.07) is 15.6. The van der Waals surface area contributed by atoms with Crippen LogP contribution in [0.15, 0.2) is 60.9 Å². The van der Waals surface area contributed by atoms with Gasteiger partial charge in [0, 0.05) is 18.9 Å². The number of β-amino-alcohol motifs (C(OH)–C–C–N with tert-alkyl or cyclic N) is 1. The first kappa shape index (κ1) is 15.7. The maximum atomic E-state index is 11.2. The maximum Gasteiger partial charge on any atom is 0.226 e. The third-order valence-corrected chi connectivity index (χ3v) is 4.75. The molecular weight excluding hydrogens is 312 g/mol. The van der Waals surface area contributed by atoms with Crippen molar-refractivity contribution in [1.29, 1.82) is 0 Å². The summed E-state index contributed by atoms with van der Waals surface area (Å²) < 4.78 is 0. The van der Waals surface area contributed by atoms with Crippen molar-refractivity contribution in [3.63, 3.8) is 0 Å². The van der Waals surface area contributed by atoms with Crippen LogP contribution in [0.5, 0.6) is 0 Å². The third kappa shape index (κ3) is 2.98. The molecule has 126 valence electrons. The van der Waals surface area contributed by atoms with Crippen molar-refractivity contribution in [2.75, 3.05) is 18.0 Å². The van der Waals surface area contributed by atoms with Gasteiger partial charge in [-0.3, -0.25) is 4.98 Å². The highest BCUT2D eigenvalue weighted by Gasteiger charge is 2.39. The van der Waals surface area contributed by atoms with Gasteiger partial charge in [0.05, 0.1) is 17.9 Å². The lowest BCUT2D eigenvalue weighted by molar-refractivity contribution is 0.0599. The normalized spacial score (nSPS) is 20.0. The van der Waals surface area contributed by atoms with E-state index in [4.69, 9.17) is 0 Å². The van der Waals surface area contributed by atoms with E-state index in [1.54, 1.807) is 12.4 Å². The number of hydrogen-bond donors (Lipinski definition) is 1. The van der Waals surface area contributed by atoms with Gasteiger partial charge in [-0.2, -0.15) is 0 Å². The van der Waals surface area contributed by atoms with Gasteiger partial charge in [-0.15, -0.1) is 0 Å². The highest BCUT2D eigenvalue weighted by Crippen LogP contribution is 2.35. The number of aromatic nitrogens is 3. The largest absolute Gasteiger partial charge is 0.383 e. The van der Waals surface area contributed by atoms with Crippen LogP contribution < -0.4 is 4.90 Å². The van der Waals surface area contributed by atoms with Crippen LogP contribution >= 0.6 is 0 Å². The topological polar surface area (TPSA) is 62.1 Å². The van der Waals surface area contributed by atoms with Gasteiger partial charge < -0.3 is 10.0 Å². The quantitative estimate of drug-likeness (QED) is 0.799. The smallest absolute Gasteiger partial charge is 0.226 e. The monoisotopic (exact) mass is 332 g/mol. The van der Waals surface area contributed by atoms with Crippen LogP contribution in [0.1, 0.15) is 17.5 Å². The predicted molar refractivity (Wildman–Crippen MR) is 97.2 cm³/mol. The molecular formula is C20H20N4O. The van der Waals surface area contributed by atoms with Crippen molar-refractivity contribution in [2.24, 2.45) is 0 Å². The van der Waals surface area contributed by atoms with Gasteiger partial charge in [-0.05, 0) is 42.7 Å². The molecule has 4 rings (SSSR count). The molecule has 1 aromatic carbocycles. The fraction of sp³-hybridized carbons (Fsp3) is 0.250. The van der Waals surface area contributed by atoms with Crippen LogP contribution in [0.2, 0.25) is 0 Å². The molecule has 0 saturated carbocycles. The van der Waals surface area contributed by atoms with Gasteiger partial charge >= 0.3 is 0 Å². The van der Waals surface area contributed by atoms with Crippen LogP contribution in [-0.2, 0) is 5.60 Å². The summed E-state index contributed by atoms with van der Waals surface area (Å²) in [5.41, 5.74) is 2.83. The molecule has 25 heavy (non-hydrogen) atoms. The summed E-state index contributed by atoms with van der Waals surface area (Å²) in [6.45, 7) is 3.24. The SMILES string of the molecule is Cc1ccccc1[C@@]1(O)CCN(c2nccc(-c3ccccn3)n2)C1. The van der Waals surface area contributed by atoms with Crippen LogP contribution in [0, 0.1) is 6.92 Å². The van der Waals surface area contributed by atoms with Crippen LogP contribution in [0.25, 0.3) is 11.4 Å². The molecule has 0 unspecified atom stereocenters. The van der Waals surface area contributed by atoms with Crippen LogP contribution in [0.4, 0.5) is 5.95 Å². The fourth-order valence-corrected chi connectivity index (χ4v) is 3.44. The van der Waals surface area contributed by atoms with E-state index in [-0.39, 0.29) is 0 Å². The van der Waals surface area contributed by atoms with Gasteiger partial charge in [-0.1, -0.05) is 30.3 Å². The van der Waals surface area contributed by atoms with E-state index in [2.05, 4.69) is 15.0 Å². The molecule has 0 bridgehead atoms. The first-order valence-corrected chi connectivity index (χ1v) is 8.44. The fourth-order valence-electron chi connectivity index (χ4n) is 3.44. The lowest BCUT2D eigenvalue weighted by Crippen LogP contribution is -2.32. The molecule has 2 aromatic heterocycles. The third-order valence-electron chi connectivity index (χ3n) is 4.75. The van der Waals surface area contributed by atoms with E-state index < -0.39 is 5.60 Å². The van der Waals surface area contributed by atoms with E-state index in [9.17, 15) is 5.11 Å². The van der Waals surface area contributed by atoms with E-state index in [1.807, 2.05) is 60.4 Å². The lowest BCUT2D eigenvalue weighted by Gasteiger charge is -2.25. The number of aryl methyl sites for hydroxylation is 1. The summed E-state index contributed by atoms with van der Waals surface area (Å²) in [5, 5.41) is 11.2.